The Bertz CT molecular complexity index is 659. The van der Waals surface area contributed by atoms with Crippen LogP contribution in [-0.4, -0.2) is 41.7 Å². The summed E-state index contributed by atoms with van der Waals surface area (Å²) >= 11 is 0. The van der Waals surface area contributed by atoms with E-state index in [0.717, 1.165) is 19.6 Å². The number of carbonyl (C=O) groups is 1. The minimum atomic E-state index is -1.83. The lowest BCUT2D eigenvalue weighted by Gasteiger charge is -2.31. The molecule has 27 heavy (non-hydrogen) atoms. The summed E-state index contributed by atoms with van der Waals surface area (Å²) in [6.45, 7) is 11.0. The maximum absolute atomic E-state index is 13.1. The van der Waals surface area contributed by atoms with E-state index in [-0.39, 0.29) is 12.0 Å². The van der Waals surface area contributed by atoms with Crippen molar-refractivity contribution in [3.8, 4) is 0 Å². The SMILES string of the molecule is CCN(CC)C[C@@H](C)[C@@H](C)OC(=O)C(O)(c1ccccc1)c1ccccc1. The number of ether oxygens (including phenoxy) is 1. The van der Waals surface area contributed by atoms with Gasteiger partial charge in [0, 0.05) is 12.5 Å². The summed E-state index contributed by atoms with van der Waals surface area (Å²) in [6, 6.07) is 17.9. The van der Waals surface area contributed by atoms with Crippen molar-refractivity contribution in [2.45, 2.75) is 39.4 Å². The second-order valence-electron chi connectivity index (χ2n) is 7.02. The first-order chi connectivity index (χ1) is 12.9. The molecule has 0 heterocycles. The molecule has 0 aliphatic heterocycles. The van der Waals surface area contributed by atoms with E-state index in [2.05, 4.69) is 25.7 Å². The van der Waals surface area contributed by atoms with Crippen LogP contribution in [0.4, 0.5) is 0 Å². The van der Waals surface area contributed by atoms with Crippen LogP contribution >= 0.6 is 0 Å². The maximum Gasteiger partial charge on any atom is 0.347 e. The van der Waals surface area contributed by atoms with E-state index in [1.807, 2.05) is 43.3 Å². The van der Waals surface area contributed by atoms with Crippen LogP contribution < -0.4 is 0 Å². The molecule has 2 aromatic rings. The summed E-state index contributed by atoms with van der Waals surface area (Å²) in [4.78, 5) is 15.4. The fraction of sp³-hybridized carbons (Fsp3) is 0.435. The van der Waals surface area contributed by atoms with Crippen LogP contribution in [0, 0.1) is 5.92 Å². The molecule has 0 radical (unpaired) electrons. The van der Waals surface area contributed by atoms with Crippen molar-refractivity contribution < 1.29 is 14.6 Å². The Morgan fingerprint density at radius 3 is 1.81 bits per heavy atom. The highest BCUT2D eigenvalue weighted by Crippen LogP contribution is 2.32. The third-order valence-corrected chi connectivity index (χ3v) is 5.21. The summed E-state index contributed by atoms with van der Waals surface area (Å²) in [5.41, 5.74) is -0.819. The number of rotatable bonds is 9. The number of benzene rings is 2. The van der Waals surface area contributed by atoms with Crippen LogP contribution in [0.1, 0.15) is 38.8 Å². The van der Waals surface area contributed by atoms with Gasteiger partial charge >= 0.3 is 5.97 Å². The summed E-state index contributed by atoms with van der Waals surface area (Å²) < 4.78 is 5.76. The van der Waals surface area contributed by atoms with Crippen LogP contribution in [0.25, 0.3) is 0 Å². The molecule has 146 valence electrons. The molecule has 4 heteroatoms. The Morgan fingerprint density at radius 2 is 1.41 bits per heavy atom. The monoisotopic (exact) mass is 369 g/mol. The van der Waals surface area contributed by atoms with Gasteiger partial charge in [-0.15, -0.1) is 0 Å². The summed E-state index contributed by atoms with van der Waals surface area (Å²) in [6.07, 6.45) is -0.308. The zero-order valence-electron chi connectivity index (χ0n) is 16.8. The van der Waals surface area contributed by atoms with E-state index in [0.29, 0.717) is 11.1 Å². The fourth-order valence-corrected chi connectivity index (χ4v) is 3.17. The van der Waals surface area contributed by atoms with Crippen molar-refractivity contribution in [3.63, 3.8) is 0 Å². The lowest BCUT2D eigenvalue weighted by molar-refractivity contribution is -0.169. The lowest BCUT2D eigenvalue weighted by atomic mass is 9.86. The van der Waals surface area contributed by atoms with Crippen LogP contribution in [0.2, 0.25) is 0 Å². The maximum atomic E-state index is 13.1. The van der Waals surface area contributed by atoms with Gasteiger partial charge in [0.05, 0.1) is 0 Å². The highest BCUT2D eigenvalue weighted by Gasteiger charge is 2.42. The average Bonchev–Trinajstić information content (AvgIpc) is 2.72. The Balaban J connectivity index is 2.25. The molecular weight excluding hydrogens is 338 g/mol. The van der Waals surface area contributed by atoms with E-state index in [1.54, 1.807) is 24.3 Å². The zero-order chi connectivity index (χ0) is 19.9. The Morgan fingerprint density at radius 1 is 0.963 bits per heavy atom. The molecular formula is C23H31NO3. The van der Waals surface area contributed by atoms with Gasteiger partial charge in [-0.1, -0.05) is 81.4 Å². The summed E-state index contributed by atoms with van der Waals surface area (Å²) in [5.74, 6) is -0.483. The van der Waals surface area contributed by atoms with E-state index < -0.39 is 11.6 Å². The molecule has 2 atom stereocenters. The highest BCUT2D eigenvalue weighted by molar-refractivity contribution is 5.85. The molecule has 2 rings (SSSR count). The van der Waals surface area contributed by atoms with Gasteiger partial charge in [-0.25, -0.2) is 4.79 Å². The first-order valence-electron chi connectivity index (χ1n) is 9.70. The predicted molar refractivity (Wildman–Crippen MR) is 108 cm³/mol. The van der Waals surface area contributed by atoms with Gasteiger partial charge < -0.3 is 14.7 Å². The molecule has 1 N–H and O–H groups in total. The number of nitrogens with zero attached hydrogens (tertiary/aromatic N) is 1. The van der Waals surface area contributed by atoms with E-state index in [4.69, 9.17) is 4.74 Å². The average molecular weight is 370 g/mol. The van der Waals surface area contributed by atoms with Crippen molar-refractivity contribution in [1.82, 2.24) is 4.90 Å². The normalized spacial score (nSPS) is 14.0. The van der Waals surface area contributed by atoms with Crippen molar-refractivity contribution in [3.05, 3.63) is 71.8 Å². The number of carbonyl (C=O) groups excluding carboxylic acids is 1. The molecule has 0 saturated carbocycles. The van der Waals surface area contributed by atoms with Crippen LogP contribution in [0.5, 0.6) is 0 Å². The van der Waals surface area contributed by atoms with Crippen molar-refractivity contribution in [2.75, 3.05) is 19.6 Å². The second kappa shape index (κ2) is 9.67. The standard InChI is InChI=1S/C23H31NO3/c1-5-24(6-2)17-18(3)19(4)27-22(25)23(26,20-13-9-7-10-14-20)21-15-11-8-12-16-21/h7-16,18-19,26H,5-6,17H2,1-4H3/t18-,19-/m1/s1. The Hall–Kier alpha value is -2.17. The van der Waals surface area contributed by atoms with Crippen molar-refractivity contribution in [2.24, 2.45) is 5.92 Å². The lowest BCUT2D eigenvalue weighted by Crippen LogP contribution is -2.42. The topological polar surface area (TPSA) is 49.8 Å². The number of esters is 1. The minimum absolute atomic E-state index is 0.157. The molecule has 0 aliphatic rings. The smallest absolute Gasteiger partial charge is 0.347 e. The van der Waals surface area contributed by atoms with Crippen molar-refractivity contribution in [1.29, 1.82) is 0 Å². The molecule has 4 nitrogen and oxygen atoms in total. The predicted octanol–water partition coefficient (Wildman–Crippen LogP) is 3.83. The van der Waals surface area contributed by atoms with Crippen LogP contribution in [-0.2, 0) is 15.1 Å². The molecule has 0 saturated heterocycles. The van der Waals surface area contributed by atoms with Gasteiger partial charge in [0.1, 0.15) is 6.10 Å². The molecule has 0 spiro atoms. The zero-order valence-corrected chi connectivity index (χ0v) is 16.8. The van der Waals surface area contributed by atoms with Crippen molar-refractivity contribution >= 4 is 5.97 Å². The van der Waals surface area contributed by atoms with Gasteiger partial charge in [0.25, 0.3) is 0 Å². The third-order valence-electron chi connectivity index (χ3n) is 5.21. The van der Waals surface area contributed by atoms with Gasteiger partial charge in [-0.05, 0) is 31.1 Å². The summed E-state index contributed by atoms with van der Waals surface area (Å²) in [5, 5.41) is 11.4. The molecule has 0 unspecified atom stereocenters. The molecule has 0 bridgehead atoms. The minimum Gasteiger partial charge on any atom is -0.460 e. The number of hydrogen-bond acceptors (Lipinski definition) is 4. The number of hydrogen-bond donors (Lipinski definition) is 1. The molecule has 0 aliphatic carbocycles. The molecule has 0 fully saturated rings. The quantitative estimate of drug-likeness (QED) is 0.683. The first-order valence-corrected chi connectivity index (χ1v) is 9.70. The summed E-state index contributed by atoms with van der Waals surface area (Å²) in [7, 11) is 0. The van der Waals surface area contributed by atoms with Gasteiger partial charge in [0.15, 0.2) is 0 Å². The van der Waals surface area contributed by atoms with E-state index >= 15 is 0 Å². The van der Waals surface area contributed by atoms with E-state index in [1.165, 1.54) is 0 Å². The van der Waals surface area contributed by atoms with Gasteiger partial charge in [-0.3, -0.25) is 0 Å². The van der Waals surface area contributed by atoms with Crippen LogP contribution in [0.3, 0.4) is 0 Å². The highest BCUT2D eigenvalue weighted by atomic mass is 16.6. The molecule has 2 aromatic carbocycles. The van der Waals surface area contributed by atoms with Crippen LogP contribution in [0.15, 0.2) is 60.7 Å². The first kappa shape index (κ1) is 21.1. The fourth-order valence-electron chi connectivity index (χ4n) is 3.17. The number of aliphatic hydroxyl groups is 1. The largest absolute Gasteiger partial charge is 0.460 e. The molecule has 0 amide bonds. The van der Waals surface area contributed by atoms with Gasteiger partial charge in [-0.2, -0.15) is 0 Å². The Kier molecular flexibility index (Phi) is 7.57. The molecule has 0 aromatic heterocycles. The Labute approximate surface area is 162 Å². The second-order valence-corrected chi connectivity index (χ2v) is 7.02. The third kappa shape index (κ3) is 4.96. The van der Waals surface area contributed by atoms with E-state index in [9.17, 15) is 9.90 Å². The van der Waals surface area contributed by atoms with Gasteiger partial charge in [0.2, 0.25) is 5.60 Å².